The van der Waals surface area contributed by atoms with Crippen molar-refractivity contribution in [1.82, 2.24) is 0 Å². The van der Waals surface area contributed by atoms with E-state index < -0.39 is 0 Å². The van der Waals surface area contributed by atoms with Crippen LogP contribution in [0.4, 0.5) is 0 Å². The van der Waals surface area contributed by atoms with Crippen molar-refractivity contribution < 1.29 is 4.79 Å². The molecule has 0 saturated carbocycles. The van der Waals surface area contributed by atoms with Crippen LogP contribution in [0.2, 0.25) is 0 Å². The fourth-order valence-corrected chi connectivity index (χ4v) is 0. The summed E-state index contributed by atoms with van der Waals surface area (Å²) in [7, 11) is 0. The van der Waals surface area contributed by atoms with Crippen LogP contribution in [0.3, 0.4) is 0 Å². The molecular weight excluding hydrogens is 121 g/mol. The Balaban J connectivity index is 3.11. The van der Waals surface area contributed by atoms with Gasteiger partial charge in [-0.05, 0) is 0 Å². The monoisotopic (exact) mass is 122 g/mol. The number of hydrogen-bond acceptors (Lipinski definition) is 2. The molecule has 0 rings (SSSR count). The molecule has 0 fully saturated rings. The average Bonchev–Trinajstić information content (AvgIpc) is 1.37. The first-order valence-electron chi connectivity index (χ1n) is 0.610. The number of isocyanates is 1. The van der Waals surface area contributed by atoms with Gasteiger partial charge < -0.3 is 0 Å². The second kappa shape index (κ2) is 2.90. The van der Waals surface area contributed by atoms with Crippen molar-refractivity contribution >= 4 is 22.3 Å². The van der Waals surface area contributed by atoms with Crippen LogP contribution in [0.15, 0.2) is 4.01 Å². The van der Waals surface area contributed by atoms with E-state index in [-0.39, 0.29) is 0 Å². The van der Waals surface area contributed by atoms with Gasteiger partial charge in [-0.15, -0.1) is 0 Å². The zero-order valence-corrected chi connectivity index (χ0v) is 3.48. The van der Waals surface area contributed by atoms with Crippen LogP contribution in [-0.2, 0) is 4.79 Å². The molecule has 4 heavy (non-hydrogen) atoms. The maximum absolute atomic E-state index is 8.85. The topological polar surface area (TPSA) is 29.4 Å². The normalized spacial score (nSPS) is 4.00. The molecule has 0 saturated heterocycles. The van der Waals surface area contributed by atoms with Crippen molar-refractivity contribution in [3.05, 3.63) is 0 Å². The minimum atomic E-state index is 1.25. The fraction of sp³-hybridized carbons (Fsp3) is 0. The summed E-state index contributed by atoms with van der Waals surface area (Å²) in [6, 6.07) is 0. The van der Waals surface area contributed by atoms with Crippen molar-refractivity contribution in [2.24, 2.45) is 4.01 Å². The molecule has 0 aromatic rings. The molecule has 0 aliphatic heterocycles. The molecule has 0 aromatic carbocycles. The van der Waals surface area contributed by atoms with E-state index in [1.165, 1.54) is 6.08 Å². The van der Waals surface area contributed by atoms with E-state index in [0.717, 1.165) is 0 Å². The molecule has 0 aliphatic carbocycles. The summed E-state index contributed by atoms with van der Waals surface area (Å²) >= 11 is 2.09. The Morgan fingerprint density at radius 3 is 2.25 bits per heavy atom. The van der Waals surface area contributed by atoms with E-state index in [1.807, 2.05) is 0 Å². The quantitative estimate of drug-likeness (QED) is 0.239. The molecule has 0 aliphatic rings. The number of nitrogens with zero attached hydrogens (tertiary/aromatic N) is 1. The zero-order valence-electron chi connectivity index (χ0n) is 1.76. The molecule has 0 unspecified atom stereocenters. The van der Waals surface area contributed by atoms with Gasteiger partial charge in [-0.1, -0.05) is 0 Å². The predicted octanol–water partition coefficient (Wildman–Crippen LogP) is -0.594. The van der Waals surface area contributed by atoms with E-state index in [0.29, 0.717) is 0 Å². The van der Waals surface area contributed by atoms with Crippen LogP contribution < -0.4 is 0 Å². The molecule has 0 aromatic heterocycles. The van der Waals surface area contributed by atoms with E-state index in [1.54, 1.807) is 0 Å². The van der Waals surface area contributed by atoms with Crippen LogP contribution in [-0.4, -0.2) is 22.3 Å². The van der Waals surface area contributed by atoms with Crippen molar-refractivity contribution in [1.29, 1.82) is 0 Å². The van der Waals surface area contributed by atoms with Gasteiger partial charge in [0.05, 0.1) is 0 Å². The molecule has 0 bridgehead atoms. The van der Waals surface area contributed by atoms with Gasteiger partial charge in [0.1, 0.15) is 0 Å². The third kappa shape index (κ3) is 1.90. The molecule has 0 amide bonds. The van der Waals surface area contributed by atoms with Crippen LogP contribution >= 0.6 is 0 Å². The van der Waals surface area contributed by atoms with Gasteiger partial charge in [-0.25, -0.2) is 0 Å². The predicted molar refractivity (Wildman–Crippen MR) is 13.9 cm³/mol. The Bertz CT molecular complexity index is 46.0. The van der Waals surface area contributed by atoms with Gasteiger partial charge >= 0.3 is 31.1 Å². The number of carbonyl (C=O) groups excluding carboxylic acids is 1. The second-order valence-electron chi connectivity index (χ2n) is 0.183. The fourth-order valence-electron chi connectivity index (χ4n) is 0. The SMILES string of the molecule is O=C=N[Se]. The molecule has 0 spiro atoms. The Morgan fingerprint density at radius 2 is 2.25 bits per heavy atom. The molecule has 0 N–H and O–H groups in total. The first kappa shape index (κ1) is 3.90. The van der Waals surface area contributed by atoms with Gasteiger partial charge in [-0.3, -0.25) is 0 Å². The average molecular weight is 121 g/mol. The maximum atomic E-state index is 8.85. The number of rotatable bonds is 0. The Hall–Kier alpha value is -0.101. The minimum absolute atomic E-state index is 1.25. The van der Waals surface area contributed by atoms with Gasteiger partial charge in [0.25, 0.3) is 0 Å². The molecule has 21 valence electrons. The molecule has 0 heterocycles. The van der Waals surface area contributed by atoms with Gasteiger partial charge in [0, 0.05) is 0 Å². The Labute approximate surface area is 31.9 Å². The van der Waals surface area contributed by atoms with E-state index >= 15 is 0 Å². The van der Waals surface area contributed by atoms with Gasteiger partial charge in [0.2, 0.25) is 0 Å². The van der Waals surface area contributed by atoms with Crippen molar-refractivity contribution in [3.8, 4) is 0 Å². The second-order valence-corrected chi connectivity index (χ2v) is 0.566. The summed E-state index contributed by atoms with van der Waals surface area (Å²) in [6.07, 6.45) is 1.25. The van der Waals surface area contributed by atoms with Crippen molar-refractivity contribution in [2.75, 3.05) is 0 Å². The molecule has 0 atom stereocenters. The van der Waals surface area contributed by atoms with Crippen LogP contribution in [0.1, 0.15) is 0 Å². The third-order valence-electron chi connectivity index (χ3n) is 0.0373. The van der Waals surface area contributed by atoms with Crippen LogP contribution in [0, 0.1) is 0 Å². The van der Waals surface area contributed by atoms with Crippen LogP contribution in [0.25, 0.3) is 0 Å². The first-order valence-corrected chi connectivity index (χ1v) is 1.38. The van der Waals surface area contributed by atoms with Crippen molar-refractivity contribution in [3.63, 3.8) is 0 Å². The van der Waals surface area contributed by atoms with E-state index in [4.69, 9.17) is 4.79 Å². The van der Waals surface area contributed by atoms with Crippen molar-refractivity contribution in [2.45, 2.75) is 0 Å². The third-order valence-corrected chi connectivity index (χ3v) is 0.194. The summed E-state index contributed by atoms with van der Waals surface area (Å²) in [5.74, 6) is 0. The van der Waals surface area contributed by atoms with E-state index in [2.05, 4.69) is 20.2 Å². The Morgan fingerprint density at radius 1 is 2.00 bits per heavy atom. The van der Waals surface area contributed by atoms with Crippen LogP contribution in [0.5, 0.6) is 0 Å². The Kier molecular flexibility index (Phi) is 2.83. The molecule has 1 radical (unpaired) electrons. The summed E-state index contributed by atoms with van der Waals surface area (Å²) < 4.78 is 2.81. The molecule has 3 heteroatoms. The molecular formula is CNOSe. The zero-order chi connectivity index (χ0) is 3.41. The number of hydrogen-bond donors (Lipinski definition) is 0. The van der Waals surface area contributed by atoms with Gasteiger partial charge in [-0.2, -0.15) is 0 Å². The standard InChI is InChI=1S/CNOSe/c3-1-2-4. The summed E-state index contributed by atoms with van der Waals surface area (Å²) in [5.41, 5.74) is 0. The first-order chi connectivity index (χ1) is 1.91. The molecule has 2 nitrogen and oxygen atoms in total. The van der Waals surface area contributed by atoms with E-state index in [9.17, 15) is 0 Å². The van der Waals surface area contributed by atoms with Gasteiger partial charge in [0.15, 0.2) is 0 Å². The summed E-state index contributed by atoms with van der Waals surface area (Å²) in [5, 5.41) is 0. The summed E-state index contributed by atoms with van der Waals surface area (Å²) in [6.45, 7) is 0. The summed E-state index contributed by atoms with van der Waals surface area (Å²) in [4.78, 5) is 8.85.